The van der Waals surface area contributed by atoms with Gasteiger partial charge in [-0.05, 0) is 38.9 Å². The lowest BCUT2D eigenvalue weighted by Gasteiger charge is -2.40. The number of rotatable bonds is 5. The van der Waals surface area contributed by atoms with E-state index in [0.717, 1.165) is 18.7 Å². The van der Waals surface area contributed by atoms with Crippen LogP contribution in [-0.4, -0.2) is 46.6 Å². The molecule has 4 aliphatic rings. The van der Waals surface area contributed by atoms with Crippen LogP contribution in [0.1, 0.15) is 38.7 Å². The molecule has 7 nitrogen and oxygen atoms in total. The number of esters is 3. The first-order valence-corrected chi connectivity index (χ1v) is 12.4. The van der Waals surface area contributed by atoms with Crippen LogP contribution in [0.3, 0.4) is 0 Å². The van der Waals surface area contributed by atoms with Crippen LogP contribution in [0.25, 0.3) is 0 Å². The smallest absolute Gasteiger partial charge is 0.321 e. The van der Waals surface area contributed by atoms with Gasteiger partial charge in [0.25, 0.3) is 0 Å². The summed E-state index contributed by atoms with van der Waals surface area (Å²) in [6, 6.07) is 9.83. The molecule has 4 fully saturated rings. The van der Waals surface area contributed by atoms with Crippen molar-refractivity contribution >= 4 is 40.5 Å². The Morgan fingerprint density at radius 1 is 1.16 bits per heavy atom. The van der Waals surface area contributed by atoms with Gasteiger partial charge in [0.2, 0.25) is 0 Å². The Balaban J connectivity index is 1.42. The molecule has 1 aromatic rings. The van der Waals surface area contributed by atoms with E-state index in [1.807, 2.05) is 52.9 Å². The van der Waals surface area contributed by atoms with E-state index in [9.17, 15) is 14.4 Å². The van der Waals surface area contributed by atoms with E-state index in [-0.39, 0.29) is 29.7 Å². The molecule has 1 aromatic carbocycles. The third-order valence-corrected chi connectivity index (χ3v) is 7.99. The highest BCUT2D eigenvalue weighted by Gasteiger charge is 2.70. The molecule has 2 saturated carbocycles. The first-order valence-electron chi connectivity index (χ1n) is 11.3. The lowest BCUT2D eigenvalue weighted by molar-refractivity contribution is -0.179. The molecule has 32 heavy (non-hydrogen) atoms. The van der Waals surface area contributed by atoms with Crippen LogP contribution >= 0.6 is 22.6 Å². The SMILES string of the molecule is CC(C)(I)C(=O)OC1C2CC3C1OC(=O)C3C2C(=O)OC1(c2ccccc2)CCNCC1. The molecule has 1 N–H and O–H groups in total. The van der Waals surface area contributed by atoms with Gasteiger partial charge in [-0.15, -0.1) is 0 Å². The van der Waals surface area contributed by atoms with Gasteiger partial charge in [0.1, 0.15) is 21.2 Å². The summed E-state index contributed by atoms with van der Waals surface area (Å²) in [7, 11) is 0. The van der Waals surface area contributed by atoms with Gasteiger partial charge >= 0.3 is 17.9 Å². The summed E-state index contributed by atoms with van der Waals surface area (Å²) >= 11 is 2.04. The number of ether oxygens (including phenoxy) is 3. The highest BCUT2D eigenvalue weighted by molar-refractivity contribution is 14.1. The molecule has 2 heterocycles. The molecule has 2 aliphatic carbocycles. The molecule has 6 unspecified atom stereocenters. The summed E-state index contributed by atoms with van der Waals surface area (Å²) in [6.45, 7) is 5.05. The minimum absolute atomic E-state index is 0.0964. The standard InChI is InChI=1S/C24H28INO6/c1-23(2,25)22(29)31-19-15-12-14-16(20(27)30-18(14)19)17(15)21(28)32-24(8-10-26-11-9-24)13-6-4-3-5-7-13/h3-7,14-19,26H,8-12H2,1-2H3. The van der Waals surface area contributed by atoms with Gasteiger partial charge in [-0.3, -0.25) is 14.4 Å². The van der Waals surface area contributed by atoms with E-state index in [1.165, 1.54) is 0 Å². The molecule has 172 valence electrons. The highest BCUT2D eigenvalue weighted by Crippen LogP contribution is 2.59. The van der Waals surface area contributed by atoms with E-state index < -0.39 is 33.1 Å². The molecule has 6 atom stereocenters. The number of hydrogen-bond acceptors (Lipinski definition) is 7. The lowest BCUT2D eigenvalue weighted by Crippen LogP contribution is -2.48. The second-order valence-corrected chi connectivity index (χ2v) is 12.6. The van der Waals surface area contributed by atoms with Gasteiger partial charge in [-0.25, -0.2) is 0 Å². The van der Waals surface area contributed by atoms with Gasteiger partial charge in [0, 0.05) is 24.7 Å². The van der Waals surface area contributed by atoms with Crippen molar-refractivity contribution in [3.63, 3.8) is 0 Å². The van der Waals surface area contributed by atoms with Crippen LogP contribution in [-0.2, 0) is 34.2 Å². The Hall–Kier alpha value is -1.68. The molecule has 5 rings (SSSR count). The second kappa shape index (κ2) is 7.97. The molecule has 0 radical (unpaired) electrons. The van der Waals surface area contributed by atoms with Gasteiger partial charge < -0.3 is 19.5 Å². The molecular formula is C24H28INO6. The van der Waals surface area contributed by atoms with E-state index in [0.29, 0.717) is 19.3 Å². The minimum atomic E-state index is -0.719. The number of carbonyl (C=O) groups excluding carboxylic acids is 3. The van der Waals surface area contributed by atoms with Crippen molar-refractivity contribution in [2.75, 3.05) is 13.1 Å². The molecule has 8 heteroatoms. The zero-order valence-electron chi connectivity index (χ0n) is 18.2. The summed E-state index contributed by atoms with van der Waals surface area (Å²) in [5.41, 5.74) is 0.253. The van der Waals surface area contributed by atoms with E-state index >= 15 is 0 Å². The first-order chi connectivity index (χ1) is 15.2. The fourth-order valence-corrected chi connectivity index (χ4v) is 6.14. The average Bonchev–Trinajstić information content (AvgIpc) is 3.38. The van der Waals surface area contributed by atoms with Crippen LogP contribution in [0, 0.1) is 23.7 Å². The molecule has 2 aliphatic heterocycles. The number of benzene rings is 1. The fourth-order valence-electron chi connectivity index (χ4n) is 6.02. The maximum atomic E-state index is 13.7. The third kappa shape index (κ3) is 3.54. The normalized spacial score (nSPS) is 34.8. The number of carbonyl (C=O) groups is 3. The van der Waals surface area contributed by atoms with Gasteiger partial charge in [0.15, 0.2) is 0 Å². The average molecular weight is 553 g/mol. The monoisotopic (exact) mass is 553 g/mol. The predicted octanol–water partition coefficient (Wildman–Crippen LogP) is 2.74. The van der Waals surface area contributed by atoms with Crippen LogP contribution in [0.4, 0.5) is 0 Å². The van der Waals surface area contributed by atoms with E-state index in [2.05, 4.69) is 5.32 Å². The summed E-state index contributed by atoms with van der Waals surface area (Å²) < 4.78 is 17.0. The Labute approximate surface area is 201 Å². The van der Waals surface area contributed by atoms with Crippen LogP contribution < -0.4 is 5.32 Å². The Morgan fingerprint density at radius 2 is 1.84 bits per heavy atom. The Kier molecular flexibility index (Phi) is 5.51. The molecule has 2 saturated heterocycles. The second-order valence-electron chi connectivity index (χ2n) is 9.89. The Bertz CT molecular complexity index is 922. The first kappa shape index (κ1) is 22.1. The molecule has 0 amide bonds. The molecule has 2 bridgehead atoms. The lowest BCUT2D eigenvalue weighted by atomic mass is 9.78. The van der Waals surface area contributed by atoms with E-state index in [1.54, 1.807) is 13.8 Å². The predicted molar refractivity (Wildman–Crippen MR) is 123 cm³/mol. The van der Waals surface area contributed by atoms with Crippen molar-refractivity contribution in [1.82, 2.24) is 5.32 Å². The van der Waals surface area contributed by atoms with Crippen molar-refractivity contribution in [1.29, 1.82) is 0 Å². The van der Waals surface area contributed by atoms with Gasteiger partial charge in [0.05, 0.1) is 11.8 Å². The summed E-state index contributed by atoms with van der Waals surface area (Å²) in [5, 5.41) is 3.33. The van der Waals surface area contributed by atoms with Crippen molar-refractivity contribution in [3.05, 3.63) is 35.9 Å². The maximum absolute atomic E-state index is 13.7. The topological polar surface area (TPSA) is 90.9 Å². The summed E-state index contributed by atoms with van der Waals surface area (Å²) in [5.74, 6) is -2.60. The van der Waals surface area contributed by atoms with Gasteiger partial charge in [-0.1, -0.05) is 52.9 Å². The number of alkyl halides is 1. The molecule has 0 spiro atoms. The number of piperidine rings is 1. The summed E-state index contributed by atoms with van der Waals surface area (Å²) in [6.07, 6.45) is 0.931. The highest BCUT2D eigenvalue weighted by atomic mass is 127. The van der Waals surface area contributed by atoms with E-state index in [4.69, 9.17) is 14.2 Å². The number of fused-ring (bicyclic) bond motifs is 1. The van der Waals surface area contributed by atoms with Crippen molar-refractivity contribution in [2.24, 2.45) is 23.7 Å². The zero-order valence-corrected chi connectivity index (χ0v) is 20.4. The Morgan fingerprint density at radius 3 is 2.50 bits per heavy atom. The van der Waals surface area contributed by atoms with Crippen LogP contribution in [0.15, 0.2) is 30.3 Å². The minimum Gasteiger partial charge on any atom is -0.458 e. The molecule has 0 aromatic heterocycles. The number of nitrogens with one attached hydrogen (secondary N) is 1. The van der Waals surface area contributed by atoms with Crippen LogP contribution in [0.2, 0.25) is 0 Å². The maximum Gasteiger partial charge on any atom is 0.321 e. The quantitative estimate of drug-likeness (QED) is 0.260. The third-order valence-electron chi connectivity index (χ3n) is 7.55. The number of hydrogen-bond donors (Lipinski definition) is 1. The molecular weight excluding hydrogens is 525 g/mol. The van der Waals surface area contributed by atoms with Crippen LogP contribution in [0.5, 0.6) is 0 Å². The largest absolute Gasteiger partial charge is 0.458 e. The van der Waals surface area contributed by atoms with Gasteiger partial charge in [-0.2, -0.15) is 0 Å². The zero-order chi connectivity index (χ0) is 22.7. The van der Waals surface area contributed by atoms with Crippen molar-refractivity contribution < 1.29 is 28.6 Å². The summed E-state index contributed by atoms with van der Waals surface area (Å²) in [4.78, 5) is 38.9. The fraction of sp³-hybridized carbons (Fsp3) is 0.625. The van der Waals surface area contributed by atoms with Crippen molar-refractivity contribution in [3.8, 4) is 0 Å². The van der Waals surface area contributed by atoms with Crippen molar-refractivity contribution in [2.45, 2.75) is 54.3 Å². The number of halogens is 1.